The predicted molar refractivity (Wildman–Crippen MR) is 79.1 cm³/mol. The Labute approximate surface area is 131 Å². The van der Waals surface area contributed by atoms with Gasteiger partial charge in [-0.2, -0.15) is 0 Å². The van der Waals surface area contributed by atoms with Gasteiger partial charge >= 0.3 is 11.9 Å². The first-order valence-electron chi connectivity index (χ1n) is 6.34. The number of aromatic amines is 1. The maximum atomic E-state index is 11.9. The fourth-order valence-electron chi connectivity index (χ4n) is 1.60. The average molecular weight is 324 g/mol. The molecule has 0 unspecified atom stereocenters. The van der Waals surface area contributed by atoms with Gasteiger partial charge in [-0.05, 0) is 49.4 Å². The predicted octanol–water partition coefficient (Wildman–Crippen LogP) is 1.80. The molecule has 0 atom stereocenters. The molecular weight excluding hydrogens is 310 g/mol. The van der Waals surface area contributed by atoms with Crippen molar-refractivity contribution in [3.8, 4) is 11.4 Å². The van der Waals surface area contributed by atoms with Crippen LogP contribution < -0.4 is 5.32 Å². The minimum Gasteiger partial charge on any atom is -0.453 e. The monoisotopic (exact) mass is 323 g/mol. The summed E-state index contributed by atoms with van der Waals surface area (Å²) in [6.07, 6.45) is 0. The van der Waals surface area contributed by atoms with Crippen LogP contribution in [0.4, 0.5) is 5.69 Å². The van der Waals surface area contributed by atoms with Crippen LogP contribution in [0.2, 0.25) is 5.02 Å². The number of hydrogen-bond donors (Lipinski definition) is 2. The molecule has 0 saturated heterocycles. The maximum Gasteiger partial charge on any atom is 0.397 e. The lowest BCUT2D eigenvalue weighted by molar-refractivity contribution is -0.161. The minimum absolute atomic E-state index is 0.293. The van der Waals surface area contributed by atoms with Crippen LogP contribution in [0.3, 0.4) is 0 Å². The molecule has 0 fully saturated rings. The quantitative estimate of drug-likeness (QED) is 0.644. The van der Waals surface area contributed by atoms with E-state index in [9.17, 15) is 9.59 Å². The van der Waals surface area contributed by atoms with Gasteiger partial charge in [0, 0.05) is 10.6 Å². The minimum atomic E-state index is -0.992. The third-order valence-corrected chi connectivity index (χ3v) is 2.65. The summed E-state index contributed by atoms with van der Waals surface area (Å²) in [7, 11) is 0. The Balaban J connectivity index is 2.24. The van der Waals surface area contributed by atoms with Crippen molar-refractivity contribution in [2.75, 3.05) is 5.32 Å². The number of carbonyl (C=O) groups is 2. The van der Waals surface area contributed by atoms with E-state index in [4.69, 9.17) is 16.3 Å². The number of anilines is 1. The van der Waals surface area contributed by atoms with E-state index < -0.39 is 17.5 Å². The average Bonchev–Trinajstić information content (AvgIpc) is 2.90. The third kappa shape index (κ3) is 4.01. The summed E-state index contributed by atoms with van der Waals surface area (Å²) in [6.45, 7) is 5.01. The number of hydrogen-bond acceptors (Lipinski definition) is 6. The SMILES string of the molecule is CC(C)(C)OC(=O)C(=O)Nc1cc(Cl)ccc1-c1nnn[nH]1. The summed E-state index contributed by atoms with van der Waals surface area (Å²) in [4.78, 5) is 23.7. The molecule has 0 aliphatic rings. The molecule has 9 heteroatoms. The maximum absolute atomic E-state index is 11.9. The highest BCUT2D eigenvalue weighted by Crippen LogP contribution is 2.28. The van der Waals surface area contributed by atoms with Crippen LogP contribution in [0.5, 0.6) is 0 Å². The summed E-state index contributed by atoms with van der Waals surface area (Å²) < 4.78 is 5.00. The molecule has 1 aromatic carbocycles. The number of halogens is 1. The topological polar surface area (TPSA) is 110 Å². The van der Waals surface area contributed by atoms with Crippen LogP contribution >= 0.6 is 11.6 Å². The molecule has 1 heterocycles. The van der Waals surface area contributed by atoms with Gasteiger partial charge in [0.2, 0.25) is 0 Å². The molecule has 1 amide bonds. The lowest BCUT2D eigenvalue weighted by Crippen LogP contribution is -2.32. The van der Waals surface area contributed by atoms with Gasteiger partial charge in [0.1, 0.15) is 5.60 Å². The van der Waals surface area contributed by atoms with E-state index in [0.717, 1.165) is 0 Å². The van der Waals surface area contributed by atoms with E-state index in [2.05, 4.69) is 25.9 Å². The first-order chi connectivity index (χ1) is 10.3. The number of esters is 1. The number of rotatable bonds is 2. The Bertz CT molecular complexity index is 694. The fourth-order valence-corrected chi connectivity index (χ4v) is 1.77. The zero-order valence-electron chi connectivity index (χ0n) is 12.2. The number of aromatic nitrogens is 4. The smallest absolute Gasteiger partial charge is 0.397 e. The van der Waals surface area contributed by atoms with Gasteiger partial charge in [-0.3, -0.25) is 4.79 Å². The van der Waals surface area contributed by atoms with Crippen LogP contribution in [0.15, 0.2) is 18.2 Å². The summed E-state index contributed by atoms with van der Waals surface area (Å²) in [5.74, 6) is -1.57. The molecule has 1 aromatic heterocycles. The second kappa shape index (κ2) is 6.10. The van der Waals surface area contributed by atoms with Gasteiger partial charge in [0.25, 0.3) is 0 Å². The van der Waals surface area contributed by atoms with E-state index in [0.29, 0.717) is 22.1 Å². The van der Waals surface area contributed by atoms with Gasteiger partial charge in [0.05, 0.1) is 5.69 Å². The van der Waals surface area contributed by atoms with Crippen LogP contribution in [-0.2, 0) is 14.3 Å². The van der Waals surface area contributed by atoms with Crippen molar-refractivity contribution in [1.82, 2.24) is 20.6 Å². The molecule has 0 aliphatic carbocycles. The highest BCUT2D eigenvalue weighted by molar-refractivity contribution is 6.38. The number of nitrogens with one attached hydrogen (secondary N) is 2. The number of carbonyl (C=O) groups excluding carboxylic acids is 2. The van der Waals surface area contributed by atoms with Gasteiger partial charge in [-0.15, -0.1) is 5.10 Å². The van der Waals surface area contributed by atoms with E-state index in [1.165, 1.54) is 6.07 Å². The van der Waals surface area contributed by atoms with Gasteiger partial charge in [-0.25, -0.2) is 9.89 Å². The molecule has 0 saturated carbocycles. The standard InChI is InChI=1S/C13H14ClN5O3/c1-13(2,3)22-12(21)11(20)15-9-6-7(14)4-5-8(9)10-16-18-19-17-10/h4-6H,1-3H3,(H,15,20)(H,16,17,18,19). The van der Waals surface area contributed by atoms with Crippen molar-refractivity contribution in [2.45, 2.75) is 26.4 Å². The van der Waals surface area contributed by atoms with Crippen molar-refractivity contribution >= 4 is 29.2 Å². The van der Waals surface area contributed by atoms with Crippen molar-refractivity contribution in [3.05, 3.63) is 23.2 Å². The van der Waals surface area contributed by atoms with Crippen LogP contribution in [0.1, 0.15) is 20.8 Å². The molecule has 2 N–H and O–H groups in total. The molecule has 2 aromatic rings. The Kier molecular flexibility index (Phi) is 4.41. The normalized spacial score (nSPS) is 11.1. The van der Waals surface area contributed by atoms with Crippen molar-refractivity contribution < 1.29 is 14.3 Å². The molecule has 0 aliphatic heterocycles. The number of H-pyrrole nitrogens is 1. The molecule has 22 heavy (non-hydrogen) atoms. The number of nitrogens with zero attached hydrogens (tertiary/aromatic N) is 3. The lowest BCUT2D eigenvalue weighted by atomic mass is 10.1. The molecule has 2 rings (SSSR count). The molecular formula is C13H14ClN5O3. The summed E-state index contributed by atoms with van der Waals surface area (Å²) in [6, 6.07) is 4.72. The van der Waals surface area contributed by atoms with Gasteiger partial charge in [0.15, 0.2) is 5.82 Å². The first kappa shape index (κ1) is 15.9. The second-order valence-electron chi connectivity index (χ2n) is 5.40. The Morgan fingerprint density at radius 2 is 2.05 bits per heavy atom. The van der Waals surface area contributed by atoms with Crippen LogP contribution in [0.25, 0.3) is 11.4 Å². The fraction of sp³-hybridized carbons (Fsp3) is 0.308. The number of tetrazole rings is 1. The highest BCUT2D eigenvalue weighted by atomic mass is 35.5. The van der Waals surface area contributed by atoms with Crippen molar-refractivity contribution in [1.29, 1.82) is 0 Å². The van der Waals surface area contributed by atoms with Gasteiger partial charge < -0.3 is 10.1 Å². The number of benzene rings is 1. The van der Waals surface area contributed by atoms with Crippen LogP contribution in [-0.4, -0.2) is 38.1 Å². The Hall–Kier alpha value is -2.48. The van der Waals surface area contributed by atoms with E-state index in [-0.39, 0.29) is 0 Å². The summed E-state index contributed by atoms with van der Waals surface area (Å²) in [5, 5.41) is 16.1. The number of amides is 1. The first-order valence-corrected chi connectivity index (χ1v) is 6.72. The highest BCUT2D eigenvalue weighted by Gasteiger charge is 2.24. The van der Waals surface area contributed by atoms with Crippen molar-refractivity contribution in [2.24, 2.45) is 0 Å². The van der Waals surface area contributed by atoms with Crippen LogP contribution in [0, 0.1) is 0 Å². The molecule has 0 radical (unpaired) electrons. The third-order valence-electron chi connectivity index (χ3n) is 2.41. The second-order valence-corrected chi connectivity index (χ2v) is 5.83. The lowest BCUT2D eigenvalue weighted by Gasteiger charge is -2.19. The van der Waals surface area contributed by atoms with E-state index in [1.807, 2.05) is 0 Å². The van der Waals surface area contributed by atoms with Crippen molar-refractivity contribution in [3.63, 3.8) is 0 Å². The largest absolute Gasteiger partial charge is 0.453 e. The molecule has 0 bridgehead atoms. The Morgan fingerprint density at radius 3 is 2.64 bits per heavy atom. The molecule has 8 nitrogen and oxygen atoms in total. The van der Waals surface area contributed by atoms with E-state index in [1.54, 1.807) is 32.9 Å². The Morgan fingerprint density at radius 1 is 1.32 bits per heavy atom. The van der Waals surface area contributed by atoms with Gasteiger partial charge in [-0.1, -0.05) is 11.6 Å². The molecule has 0 spiro atoms. The zero-order valence-corrected chi connectivity index (χ0v) is 12.9. The van der Waals surface area contributed by atoms with E-state index >= 15 is 0 Å². The number of ether oxygens (including phenoxy) is 1. The molecule has 116 valence electrons. The summed E-state index contributed by atoms with van der Waals surface area (Å²) in [5.41, 5.74) is 0.0219. The summed E-state index contributed by atoms with van der Waals surface area (Å²) >= 11 is 5.92. The zero-order chi connectivity index (χ0) is 16.3.